The minimum atomic E-state index is -0.882. The monoisotopic (exact) mass is 438 g/mol. The molecule has 32 heavy (non-hydrogen) atoms. The lowest BCUT2D eigenvalue weighted by atomic mass is 9.95. The van der Waals surface area contributed by atoms with Crippen molar-refractivity contribution in [2.24, 2.45) is 0 Å². The minimum absolute atomic E-state index is 0.0641. The molecule has 1 aliphatic rings. The van der Waals surface area contributed by atoms with Gasteiger partial charge in [0.2, 0.25) is 0 Å². The quantitative estimate of drug-likeness (QED) is 0.133. The summed E-state index contributed by atoms with van der Waals surface area (Å²) in [5.74, 6) is -2.29. The van der Waals surface area contributed by atoms with Crippen LogP contribution in [0.3, 0.4) is 0 Å². The van der Waals surface area contributed by atoms with Crippen molar-refractivity contribution in [1.29, 1.82) is 0 Å². The average Bonchev–Trinajstić information content (AvgIpc) is 3.02. The van der Waals surface area contributed by atoms with Crippen molar-refractivity contribution in [2.75, 3.05) is 6.54 Å². The summed E-state index contributed by atoms with van der Waals surface area (Å²) in [5, 5.41) is 22.1. The van der Waals surface area contributed by atoms with Crippen molar-refractivity contribution in [3.8, 4) is 5.75 Å². The lowest BCUT2D eigenvalue weighted by Crippen LogP contribution is -2.30. The first-order valence-corrected chi connectivity index (χ1v) is 10.1. The average molecular weight is 438 g/mol. The summed E-state index contributed by atoms with van der Waals surface area (Å²) in [4.78, 5) is 48.8. The number of amides is 1. The van der Waals surface area contributed by atoms with Crippen LogP contribution in [-0.4, -0.2) is 39.1 Å². The van der Waals surface area contributed by atoms with Crippen molar-refractivity contribution in [2.45, 2.75) is 32.7 Å². The number of likely N-dealkylation sites (tertiary alicyclic amines) is 1. The Labute approximate surface area is 184 Å². The van der Waals surface area contributed by atoms with Crippen LogP contribution in [0.25, 0.3) is 5.76 Å². The Morgan fingerprint density at radius 3 is 2.47 bits per heavy atom. The number of aliphatic hydroxyl groups is 1. The van der Waals surface area contributed by atoms with Crippen molar-refractivity contribution >= 4 is 29.1 Å². The van der Waals surface area contributed by atoms with Crippen LogP contribution in [0, 0.1) is 10.1 Å². The zero-order chi connectivity index (χ0) is 23.4. The summed E-state index contributed by atoms with van der Waals surface area (Å²) in [6.45, 7) is 3.51. The maximum absolute atomic E-state index is 12.9. The number of benzene rings is 2. The molecule has 1 N–H and O–H groups in total. The Balaban J connectivity index is 2.13. The first-order valence-electron chi connectivity index (χ1n) is 10.1. The highest BCUT2D eigenvalue weighted by Gasteiger charge is 2.45. The lowest BCUT2D eigenvalue weighted by Gasteiger charge is -2.25. The number of Topliss-reactive ketones (excluding diaryl/α,β-unsaturated/α-hetero) is 1. The number of nitrogens with zero attached hydrogens (tertiary/aromatic N) is 2. The van der Waals surface area contributed by atoms with Crippen LogP contribution in [0.5, 0.6) is 5.75 Å². The second-order valence-electron chi connectivity index (χ2n) is 7.32. The van der Waals surface area contributed by atoms with Gasteiger partial charge in [-0.2, -0.15) is 0 Å². The third kappa shape index (κ3) is 4.51. The molecule has 1 amide bonds. The van der Waals surface area contributed by atoms with Crippen LogP contribution < -0.4 is 4.74 Å². The maximum Gasteiger partial charge on any atom is 0.308 e. The normalized spacial score (nSPS) is 17.4. The van der Waals surface area contributed by atoms with Gasteiger partial charge in [-0.15, -0.1) is 0 Å². The topological polar surface area (TPSA) is 127 Å². The highest BCUT2D eigenvalue weighted by molar-refractivity contribution is 6.46. The van der Waals surface area contributed by atoms with Crippen molar-refractivity contribution in [3.05, 3.63) is 75.3 Å². The number of unbranched alkanes of at least 4 members (excludes halogenated alkanes) is 1. The molecule has 0 radical (unpaired) electrons. The Morgan fingerprint density at radius 1 is 1.19 bits per heavy atom. The van der Waals surface area contributed by atoms with Gasteiger partial charge in [-0.1, -0.05) is 37.6 Å². The van der Waals surface area contributed by atoms with Gasteiger partial charge in [-0.25, -0.2) is 0 Å². The molecule has 1 heterocycles. The Kier molecular flexibility index (Phi) is 6.67. The van der Waals surface area contributed by atoms with E-state index in [2.05, 4.69) is 0 Å². The second-order valence-corrected chi connectivity index (χ2v) is 7.32. The van der Waals surface area contributed by atoms with E-state index in [9.17, 15) is 29.6 Å². The molecule has 1 aliphatic heterocycles. The summed E-state index contributed by atoms with van der Waals surface area (Å²) < 4.78 is 5.03. The third-order valence-corrected chi connectivity index (χ3v) is 5.08. The fraction of sp³-hybridized carbons (Fsp3) is 0.261. The number of non-ortho nitro benzene ring substituents is 1. The number of rotatable bonds is 7. The van der Waals surface area contributed by atoms with Gasteiger partial charge in [-0.3, -0.25) is 24.5 Å². The highest BCUT2D eigenvalue weighted by atomic mass is 16.6. The Morgan fingerprint density at radius 2 is 1.88 bits per heavy atom. The minimum Gasteiger partial charge on any atom is -0.507 e. The summed E-state index contributed by atoms with van der Waals surface area (Å²) in [6, 6.07) is 10.6. The van der Waals surface area contributed by atoms with Gasteiger partial charge in [0, 0.05) is 31.2 Å². The number of hydrogen-bond acceptors (Lipinski definition) is 7. The molecule has 1 saturated heterocycles. The third-order valence-electron chi connectivity index (χ3n) is 5.08. The number of nitro benzene ring substituents is 1. The molecule has 1 fully saturated rings. The Bertz CT molecular complexity index is 1110. The van der Waals surface area contributed by atoms with E-state index in [1.54, 1.807) is 12.1 Å². The molecule has 0 aliphatic carbocycles. The summed E-state index contributed by atoms with van der Waals surface area (Å²) in [5.41, 5.74) is 0.195. The van der Waals surface area contributed by atoms with Crippen molar-refractivity contribution in [1.82, 2.24) is 4.90 Å². The fourth-order valence-corrected chi connectivity index (χ4v) is 3.59. The molecular weight excluding hydrogens is 416 g/mol. The van der Waals surface area contributed by atoms with Crippen LogP contribution in [0.4, 0.5) is 5.69 Å². The van der Waals surface area contributed by atoms with Crippen LogP contribution in [0.2, 0.25) is 0 Å². The molecule has 3 rings (SSSR count). The van der Waals surface area contributed by atoms with Gasteiger partial charge in [0.15, 0.2) is 0 Å². The summed E-state index contributed by atoms with van der Waals surface area (Å²) in [7, 11) is 0. The first kappa shape index (κ1) is 22.7. The molecule has 9 nitrogen and oxygen atoms in total. The molecule has 2 aromatic rings. The number of carbonyl (C=O) groups excluding carboxylic acids is 3. The number of ketones is 1. The smallest absolute Gasteiger partial charge is 0.308 e. The van der Waals surface area contributed by atoms with E-state index in [4.69, 9.17) is 4.74 Å². The van der Waals surface area contributed by atoms with Crippen molar-refractivity contribution in [3.63, 3.8) is 0 Å². The predicted octanol–water partition coefficient (Wildman–Crippen LogP) is 3.74. The van der Waals surface area contributed by atoms with Crippen molar-refractivity contribution < 1.29 is 29.2 Å². The van der Waals surface area contributed by atoms with E-state index in [1.165, 1.54) is 42.2 Å². The molecule has 1 unspecified atom stereocenters. The van der Waals surface area contributed by atoms with E-state index < -0.39 is 34.4 Å². The number of hydrogen-bond donors (Lipinski definition) is 1. The van der Waals surface area contributed by atoms with E-state index in [0.717, 1.165) is 12.5 Å². The van der Waals surface area contributed by atoms with Crippen LogP contribution in [-0.2, 0) is 14.4 Å². The van der Waals surface area contributed by atoms with Gasteiger partial charge in [0.05, 0.1) is 16.5 Å². The summed E-state index contributed by atoms with van der Waals surface area (Å²) in [6.07, 6.45) is 1.43. The number of esters is 1. The van der Waals surface area contributed by atoms with Gasteiger partial charge in [-0.05, 0) is 24.1 Å². The van der Waals surface area contributed by atoms with Gasteiger partial charge < -0.3 is 14.7 Å². The first-order chi connectivity index (χ1) is 15.2. The molecule has 0 saturated carbocycles. The molecular formula is C23H22N2O7. The van der Waals surface area contributed by atoms with E-state index in [1.807, 2.05) is 6.92 Å². The number of nitro groups is 1. The molecule has 9 heteroatoms. The standard InChI is InChI=1S/C23H22N2O7/c1-3-4-12-24-20(15-8-10-18(11-9-15)32-14(2)26)19(22(28)23(24)29)21(27)16-6-5-7-17(13-16)25(30)31/h5-11,13,20,27H,3-4,12H2,1-2H3/b21-19-. The van der Waals surface area contributed by atoms with Gasteiger partial charge in [0.1, 0.15) is 11.5 Å². The van der Waals surface area contributed by atoms with Crippen LogP contribution in [0.15, 0.2) is 54.1 Å². The number of carbonyl (C=O) groups is 3. The number of aliphatic hydroxyl groups excluding tert-OH is 1. The number of ether oxygens (including phenoxy) is 1. The lowest BCUT2D eigenvalue weighted by molar-refractivity contribution is -0.384. The second kappa shape index (κ2) is 9.42. The van der Waals surface area contributed by atoms with Crippen LogP contribution in [0.1, 0.15) is 43.9 Å². The van der Waals surface area contributed by atoms with E-state index in [-0.39, 0.29) is 16.8 Å². The zero-order valence-corrected chi connectivity index (χ0v) is 17.6. The van der Waals surface area contributed by atoms with Gasteiger partial charge >= 0.3 is 5.97 Å². The molecule has 166 valence electrons. The molecule has 0 bridgehead atoms. The highest BCUT2D eigenvalue weighted by Crippen LogP contribution is 2.40. The molecule has 2 aromatic carbocycles. The molecule has 0 spiro atoms. The molecule has 0 aromatic heterocycles. The van der Waals surface area contributed by atoms with Crippen LogP contribution >= 0.6 is 0 Å². The Hall–Kier alpha value is -4.01. The van der Waals surface area contributed by atoms with E-state index in [0.29, 0.717) is 24.3 Å². The zero-order valence-electron chi connectivity index (χ0n) is 17.6. The summed E-state index contributed by atoms with van der Waals surface area (Å²) >= 11 is 0. The van der Waals surface area contributed by atoms with Gasteiger partial charge in [0.25, 0.3) is 17.4 Å². The predicted molar refractivity (Wildman–Crippen MR) is 115 cm³/mol. The largest absolute Gasteiger partial charge is 0.507 e. The van der Waals surface area contributed by atoms with E-state index >= 15 is 0 Å². The maximum atomic E-state index is 12.9. The fourth-order valence-electron chi connectivity index (χ4n) is 3.59. The SMILES string of the molecule is CCCCN1C(=O)C(=O)/C(=C(\O)c2cccc([N+](=O)[O-])c2)C1c1ccc(OC(C)=O)cc1. The molecule has 1 atom stereocenters.